The molecule has 0 radical (unpaired) electrons. The molecule has 2 aromatic heterocycles. The molecule has 1 fully saturated rings. The Morgan fingerprint density at radius 2 is 1.70 bits per heavy atom. The second-order valence-corrected chi connectivity index (χ2v) is 8.13. The summed E-state index contributed by atoms with van der Waals surface area (Å²) in [5.74, 6) is 0.479. The SMILES string of the molecule is Cc1ccc(-c2ccsc2C(=O)N2CCN(c3ccc(C(F)(F)F)cn3)CC2)cc1. The van der Waals surface area contributed by atoms with Gasteiger partial charge in [0, 0.05) is 37.9 Å². The fourth-order valence-corrected chi connectivity index (χ4v) is 4.34. The number of thiophene rings is 1. The number of hydrogen-bond acceptors (Lipinski definition) is 4. The van der Waals surface area contributed by atoms with Crippen molar-refractivity contribution in [3.8, 4) is 11.1 Å². The Morgan fingerprint density at radius 1 is 1.00 bits per heavy atom. The molecule has 3 heterocycles. The van der Waals surface area contributed by atoms with E-state index in [1.807, 2.05) is 47.5 Å². The van der Waals surface area contributed by atoms with Crippen LogP contribution in [0.2, 0.25) is 0 Å². The maximum Gasteiger partial charge on any atom is 0.417 e. The third-order valence-electron chi connectivity index (χ3n) is 5.19. The lowest BCUT2D eigenvalue weighted by Crippen LogP contribution is -2.49. The number of aromatic nitrogens is 1. The van der Waals surface area contributed by atoms with E-state index in [1.165, 1.54) is 17.4 Å². The van der Waals surface area contributed by atoms with Crippen LogP contribution in [0.3, 0.4) is 0 Å². The van der Waals surface area contributed by atoms with Crippen LogP contribution >= 0.6 is 11.3 Å². The van der Waals surface area contributed by atoms with Crippen LogP contribution in [0.15, 0.2) is 54.0 Å². The van der Waals surface area contributed by atoms with Crippen molar-refractivity contribution in [2.45, 2.75) is 13.1 Å². The Bertz CT molecular complexity index is 1020. The maximum atomic E-state index is 13.1. The maximum absolute atomic E-state index is 13.1. The van der Waals surface area contributed by atoms with Crippen LogP contribution in [0.5, 0.6) is 0 Å². The fraction of sp³-hybridized carbons (Fsp3) is 0.273. The number of benzene rings is 1. The monoisotopic (exact) mass is 431 g/mol. The fourth-order valence-electron chi connectivity index (χ4n) is 3.46. The van der Waals surface area contributed by atoms with Gasteiger partial charge in [0.2, 0.25) is 0 Å². The molecule has 1 amide bonds. The number of halogens is 3. The molecule has 0 atom stereocenters. The lowest BCUT2D eigenvalue weighted by Gasteiger charge is -2.35. The van der Waals surface area contributed by atoms with E-state index in [0.717, 1.165) is 29.0 Å². The van der Waals surface area contributed by atoms with Crippen LogP contribution in [-0.2, 0) is 6.18 Å². The molecular formula is C22H20F3N3OS. The third-order valence-corrected chi connectivity index (χ3v) is 6.09. The highest BCUT2D eigenvalue weighted by molar-refractivity contribution is 7.12. The van der Waals surface area contributed by atoms with Crippen molar-refractivity contribution >= 4 is 23.1 Å². The Hall–Kier alpha value is -2.87. The average molecular weight is 431 g/mol. The zero-order valence-corrected chi connectivity index (χ0v) is 17.1. The van der Waals surface area contributed by atoms with Crippen molar-refractivity contribution in [3.05, 3.63) is 70.0 Å². The van der Waals surface area contributed by atoms with Crippen molar-refractivity contribution < 1.29 is 18.0 Å². The number of piperazine rings is 1. The van der Waals surface area contributed by atoms with Gasteiger partial charge in [0.15, 0.2) is 0 Å². The van der Waals surface area contributed by atoms with E-state index in [0.29, 0.717) is 36.9 Å². The number of amides is 1. The molecule has 1 aliphatic heterocycles. The Kier molecular flexibility index (Phi) is 5.51. The quantitative estimate of drug-likeness (QED) is 0.579. The molecule has 0 aliphatic carbocycles. The van der Waals surface area contributed by atoms with Gasteiger partial charge in [-0.25, -0.2) is 4.98 Å². The average Bonchev–Trinajstić information content (AvgIpc) is 3.23. The largest absolute Gasteiger partial charge is 0.417 e. The molecule has 0 spiro atoms. The number of hydrogen-bond donors (Lipinski definition) is 0. The molecule has 1 aromatic carbocycles. The Morgan fingerprint density at radius 3 is 2.30 bits per heavy atom. The van der Waals surface area contributed by atoms with E-state index < -0.39 is 11.7 Å². The van der Waals surface area contributed by atoms with Crippen LogP contribution < -0.4 is 4.90 Å². The molecule has 30 heavy (non-hydrogen) atoms. The molecule has 3 aromatic rings. The van der Waals surface area contributed by atoms with Gasteiger partial charge in [-0.05, 0) is 36.1 Å². The van der Waals surface area contributed by atoms with E-state index in [-0.39, 0.29) is 5.91 Å². The first kappa shape index (κ1) is 20.4. The summed E-state index contributed by atoms with van der Waals surface area (Å²) in [5, 5.41) is 1.92. The zero-order valence-electron chi connectivity index (χ0n) is 16.3. The number of alkyl halides is 3. The number of carbonyl (C=O) groups is 1. The first-order valence-electron chi connectivity index (χ1n) is 9.55. The summed E-state index contributed by atoms with van der Waals surface area (Å²) in [6.07, 6.45) is -3.54. The summed E-state index contributed by atoms with van der Waals surface area (Å²) in [7, 11) is 0. The molecule has 0 saturated carbocycles. The summed E-state index contributed by atoms with van der Waals surface area (Å²) in [6, 6.07) is 12.5. The number of nitrogens with zero attached hydrogens (tertiary/aromatic N) is 3. The Labute approximate surface area is 176 Å². The third kappa shape index (κ3) is 4.18. The highest BCUT2D eigenvalue weighted by Crippen LogP contribution is 2.31. The van der Waals surface area contributed by atoms with E-state index in [9.17, 15) is 18.0 Å². The minimum atomic E-state index is -4.40. The summed E-state index contributed by atoms with van der Waals surface area (Å²) in [4.78, 5) is 21.5. The zero-order chi connectivity index (χ0) is 21.3. The van der Waals surface area contributed by atoms with Crippen molar-refractivity contribution in [3.63, 3.8) is 0 Å². The van der Waals surface area contributed by atoms with Gasteiger partial charge in [-0.3, -0.25) is 4.79 Å². The predicted molar refractivity (Wildman–Crippen MR) is 112 cm³/mol. The van der Waals surface area contributed by atoms with Crippen LogP contribution in [-0.4, -0.2) is 42.0 Å². The summed E-state index contributed by atoms with van der Waals surface area (Å²) in [5.41, 5.74) is 2.34. The van der Waals surface area contributed by atoms with Gasteiger partial charge in [0.1, 0.15) is 5.82 Å². The number of rotatable bonds is 3. The molecule has 0 N–H and O–H groups in total. The normalized spacial score (nSPS) is 14.8. The molecule has 1 saturated heterocycles. The topological polar surface area (TPSA) is 36.4 Å². The molecule has 4 nitrogen and oxygen atoms in total. The number of aryl methyl sites for hydroxylation is 1. The molecule has 156 valence electrons. The minimum absolute atomic E-state index is 0.0133. The molecule has 0 unspecified atom stereocenters. The molecule has 8 heteroatoms. The van der Waals surface area contributed by atoms with Crippen LogP contribution in [0.1, 0.15) is 20.8 Å². The lowest BCUT2D eigenvalue weighted by atomic mass is 10.0. The second kappa shape index (κ2) is 8.10. The van der Waals surface area contributed by atoms with E-state index >= 15 is 0 Å². The molecule has 0 bridgehead atoms. The van der Waals surface area contributed by atoms with Gasteiger partial charge < -0.3 is 9.80 Å². The smallest absolute Gasteiger partial charge is 0.353 e. The van der Waals surface area contributed by atoms with E-state index in [4.69, 9.17) is 0 Å². The Balaban J connectivity index is 1.43. The van der Waals surface area contributed by atoms with Crippen molar-refractivity contribution in [1.29, 1.82) is 0 Å². The summed E-state index contributed by atoms with van der Waals surface area (Å²) < 4.78 is 38.1. The van der Waals surface area contributed by atoms with Crippen LogP contribution in [0.4, 0.5) is 19.0 Å². The number of anilines is 1. The number of carbonyl (C=O) groups excluding carboxylic acids is 1. The molecule has 1 aliphatic rings. The first-order chi connectivity index (χ1) is 14.3. The molecule has 4 rings (SSSR count). The van der Waals surface area contributed by atoms with Gasteiger partial charge in [-0.1, -0.05) is 29.8 Å². The number of pyridine rings is 1. The lowest BCUT2D eigenvalue weighted by molar-refractivity contribution is -0.137. The predicted octanol–water partition coefficient (Wildman–Crippen LogP) is 5.10. The van der Waals surface area contributed by atoms with Crippen LogP contribution in [0.25, 0.3) is 11.1 Å². The summed E-state index contributed by atoms with van der Waals surface area (Å²) in [6.45, 7) is 4.05. The van der Waals surface area contributed by atoms with Crippen LogP contribution in [0, 0.1) is 6.92 Å². The van der Waals surface area contributed by atoms with Crippen molar-refractivity contribution in [2.75, 3.05) is 31.1 Å². The standard InChI is InChI=1S/C22H20F3N3OS/c1-15-2-4-16(5-3-15)18-8-13-30-20(18)21(29)28-11-9-27(10-12-28)19-7-6-17(14-26-19)22(23,24)25/h2-8,13-14H,9-12H2,1H3. The van der Waals surface area contributed by atoms with Gasteiger partial charge in [0.05, 0.1) is 10.4 Å². The van der Waals surface area contributed by atoms with Crippen molar-refractivity contribution in [1.82, 2.24) is 9.88 Å². The van der Waals surface area contributed by atoms with Gasteiger partial charge >= 0.3 is 6.18 Å². The highest BCUT2D eigenvalue weighted by atomic mass is 32.1. The van der Waals surface area contributed by atoms with E-state index in [1.54, 1.807) is 4.90 Å². The molecular weight excluding hydrogens is 411 g/mol. The minimum Gasteiger partial charge on any atom is -0.353 e. The summed E-state index contributed by atoms with van der Waals surface area (Å²) >= 11 is 1.43. The van der Waals surface area contributed by atoms with Gasteiger partial charge in [-0.2, -0.15) is 13.2 Å². The van der Waals surface area contributed by atoms with Crippen molar-refractivity contribution in [2.24, 2.45) is 0 Å². The van der Waals surface area contributed by atoms with Gasteiger partial charge in [0.25, 0.3) is 5.91 Å². The van der Waals surface area contributed by atoms with Gasteiger partial charge in [-0.15, -0.1) is 11.3 Å². The highest BCUT2D eigenvalue weighted by Gasteiger charge is 2.31. The first-order valence-corrected chi connectivity index (χ1v) is 10.4. The second-order valence-electron chi connectivity index (χ2n) is 7.21. The van der Waals surface area contributed by atoms with E-state index in [2.05, 4.69) is 4.98 Å².